The molecular formula is C25H27N5O3S. The number of aryl methyl sites for hydroxylation is 1. The van der Waals surface area contributed by atoms with Gasteiger partial charge in [0.15, 0.2) is 0 Å². The Balaban J connectivity index is 1.41. The van der Waals surface area contributed by atoms with Crippen LogP contribution in [0.1, 0.15) is 47.3 Å². The number of hydrogen-bond donors (Lipinski definition) is 1. The van der Waals surface area contributed by atoms with Crippen molar-refractivity contribution in [3.8, 4) is 11.8 Å². The lowest BCUT2D eigenvalue weighted by atomic mass is 9.96. The Labute approximate surface area is 202 Å². The van der Waals surface area contributed by atoms with Gasteiger partial charge >= 0.3 is 0 Å². The minimum atomic E-state index is -0.151. The van der Waals surface area contributed by atoms with Crippen molar-refractivity contribution >= 4 is 28.2 Å². The fourth-order valence-corrected chi connectivity index (χ4v) is 5.49. The molecule has 3 heterocycles. The molecule has 8 nitrogen and oxygen atoms in total. The van der Waals surface area contributed by atoms with Crippen LogP contribution in [-0.2, 0) is 29.1 Å². The highest BCUT2D eigenvalue weighted by Crippen LogP contribution is 2.37. The number of fused-ring (bicyclic) bond motifs is 1. The summed E-state index contributed by atoms with van der Waals surface area (Å²) in [5, 5.41) is 13.3. The predicted octanol–water partition coefficient (Wildman–Crippen LogP) is 3.93. The average Bonchev–Trinajstić information content (AvgIpc) is 3.49. The molecule has 1 aromatic carbocycles. The molecular weight excluding hydrogens is 450 g/mol. The van der Waals surface area contributed by atoms with E-state index >= 15 is 0 Å². The molecule has 0 saturated carbocycles. The molecule has 0 saturated heterocycles. The second-order valence-electron chi connectivity index (χ2n) is 8.33. The number of para-hydroxylation sites is 1. The van der Waals surface area contributed by atoms with E-state index in [9.17, 15) is 14.9 Å². The Morgan fingerprint density at radius 3 is 2.91 bits per heavy atom. The second kappa shape index (κ2) is 10.5. The summed E-state index contributed by atoms with van der Waals surface area (Å²) in [6, 6.07) is 9.93. The Kier molecular flexibility index (Phi) is 7.28. The number of ether oxygens (including phenoxy) is 1. The number of methoxy groups -OCH3 is 1. The van der Waals surface area contributed by atoms with E-state index in [2.05, 4.69) is 16.4 Å². The van der Waals surface area contributed by atoms with Crippen LogP contribution in [0, 0.1) is 11.3 Å². The number of anilines is 1. The molecule has 1 N–H and O–H groups in total. The molecule has 1 aliphatic rings. The normalized spacial score (nSPS) is 13.6. The molecule has 9 heteroatoms. The van der Waals surface area contributed by atoms with Crippen molar-refractivity contribution in [3.63, 3.8) is 0 Å². The largest absolute Gasteiger partial charge is 0.496 e. The van der Waals surface area contributed by atoms with Gasteiger partial charge in [0.05, 0.1) is 25.5 Å². The van der Waals surface area contributed by atoms with E-state index in [-0.39, 0.29) is 24.2 Å². The molecule has 0 spiro atoms. The lowest BCUT2D eigenvalue weighted by Crippen LogP contribution is -2.35. The summed E-state index contributed by atoms with van der Waals surface area (Å²) in [6.07, 6.45) is 6.51. The quantitative estimate of drug-likeness (QED) is 0.530. The molecule has 1 aliphatic heterocycles. The van der Waals surface area contributed by atoms with Crippen molar-refractivity contribution in [1.29, 1.82) is 5.26 Å². The zero-order valence-corrected chi connectivity index (χ0v) is 20.1. The molecule has 1 atom stereocenters. The number of nitriles is 1. The van der Waals surface area contributed by atoms with Gasteiger partial charge in [-0.3, -0.25) is 9.59 Å². The number of imidazole rings is 1. The summed E-state index contributed by atoms with van der Waals surface area (Å²) in [5.41, 5.74) is 2.43. The monoisotopic (exact) mass is 477 g/mol. The zero-order valence-electron chi connectivity index (χ0n) is 19.3. The van der Waals surface area contributed by atoms with Gasteiger partial charge in [-0.05, 0) is 29.5 Å². The van der Waals surface area contributed by atoms with Gasteiger partial charge in [0.25, 0.3) is 0 Å². The smallest absolute Gasteiger partial charge is 0.225 e. The average molecular weight is 478 g/mol. The van der Waals surface area contributed by atoms with E-state index in [0.29, 0.717) is 43.0 Å². The van der Waals surface area contributed by atoms with Gasteiger partial charge in [-0.2, -0.15) is 5.26 Å². The predicted molar refractivity (Wildman–Crippen MR) is 130 cm³/mol. The maximum atomic E-state index is 12.8. The van der Waals surface area contributed by atoms with Crippen LogP contribution < -0.4 is 10.1 Å². The molecule has 2 aromatic heterocycles. The number of amides is 2. The van der Waals surface area contributed by atoms with Crippen LogP contribution in [0.5, 0.6) is 5.75 Å². The lowest BCUT2D eigenvalue weighted by Gasteiger charge is -2.27. The third kappa shape index (κ3) is 5.13. The standard InChI is InChI=1S/C25H27N5O3S/c1-17(18-5-3-4-6-21(18)33-2)13-23(31)28-25-20(14-26)19-7-11-30(15-22(19)34-25)24(32)8-10-29-12-9-27-16-29/h3-6,9,12,16-17H,7-8,10-11,13,15H2,1-2H3,(H,28,31)/t17-/m0/s1. The molecule has 3 aromatic rings. The minimum Gasteiger partial charge on any atom is -0.496 e. The Bertz CT molecular complexity index is 1210. The number of aromatic nitrogens is 2. The maximum absolute atomic E-state index is 12.8. The minimum absolute atomic E-state index is 0.0418. The van der Waals surface area contributed by atoms with Crippen LogP contribution >= 0.6 is 11.3 Å². The lowest BCUT2D eigenvalue weighted by molar-refractivity contribution is -0.132. The number of nitrogens with zero attached hydrogens (tertiary/aromatic N) is 4. The van der Waals surface area contributed by atoms with Gasteiger partial charge in [-0.1, -0.05) is 25.1 Å². The number of nitrogens with one attached hydrogen (secondary N) is 1. The first-order chi connectivity index (χ1) is 16.5. The molecule has 0 unspecified atom stereocenters. The first-order valence-electron chi connectivity index (χ1n) is 11.2. The first kappa shape index (κ1) is 23.5. The van der Waals surface area contributed by atoms with Gasteiger partial charge in [0.1, 0.15) is 16.8 Å². The summed E-state index contributed by atoms with van der Waals surface area (Å²) >= 11 is 1.39. The van der Waals surface area contributed by atoms with E-state index < -0.39 is 0 Å². The van der Waals surface area contributed by atoms with Crippen molar-refractivity contribution in [2.75, 3.05) is 19.0 Å². The maximum Gasteiger partial charge on any atom is 0.225 e. The van der Waals surface area contributed by atoms with E-state index in [1.165, 1.54) is 11.3 Å². The Morgan fingerprint density at radius 2 is 2.18 bits per heavy atom. The SMILES string of the molecule is COc1ccccc1[C@@H](C)CC(=O)Nc1sc2c(c1C#N)CCN(C(=O)CCn1ccnc1)C2. The summed E-state index contributed by atoms with van der Waals surface area (Å²) < 4.78 is 7.30. The van der Waals surface area contributed by atoms with Crippen LogP contribution in [0.3, 0.4) is 0 Å². The zero-order chi connectivity index (χ0) is 24.1. The van der Waals surface area contributed by atoms with Crippen molar-refractivity contribution < 1.29 is 14.3 Å². The number of rotatable bonds is 8. The number of benzene rings is 1. The number of thiophene rings is 1. The second-order valence-corrected chi connectivity index (χ2v) is 9.44. The Morgan fingerprint density at radius 1 is 1.35 bits per heavy atom. The summed E-state index contributed by atoms with van der Waals surface area (Å²) in [6.45, 7) is 3.60. The molecule has 0 radical (unpaired) electrons. The van der Waals surface area contributed by atoms with E-state index in [1.807, 2.05) is 46.9 Å². The van der Waals surface area contributed by atoms with E-state index in [1.54, 1.807) is 19.6 Å². The molecule has 0 bridgehead atoms. The van der Waals surface area contributed by atoms with Crippen molar-refractivity contribution in [2.24, 2.45) is 0 Å². The van der Waals surface area contributed by atoms with E-state index in [4.69, 9.17) is 4.74 Å². The molecule has 0 fully saturated rings. The van der Waals surface area contributed by atoms with Crippen LogP contribution in [0.15, 0.2) is 43.0 Å². The molecule has 2 amide bonds. The number of carbonyl (C=O) groups excluding carboxylic acids is 2. The van der Waals surface area contributed by atoms with Gasteiger partial charge in [-0.25, -0.2) is 4.98 Å². The highest BCUT2D eigenvalue weighted by Gasteiger charge is 2.27. The fraction of sp³-hybridized carbons (Fsp3) is 0.360. The first-order valence-corrected chi connectivity index (χ1v) is 12.0. The highest BCUT2D eigenvalue weighted by atomic mass is 32.1. The third-order valence-corrected chi connectivity index (χ3v) is 7.21. The van der Waals surface area contributed by atoms with Crippen LogP contribution in [-0.4, -0.2) is 39.9 Å². The summed E-state index contributed by atoms with van der Waals surface area (Å²) in [5.74, 6) is 0.633. The molecule has 34 heavy (non-hydrogen) atoms. The van der Waals surface area contributed by atoms with Crippen molar-refractivity contribution in [1.82, 2.24) is 14.5 Å². The molecule has 176 valence electrons. The van der Waals surface area contributed by atoms with Gasteiger partial charge in [-0.15, -0.1) is 11.3 Å². The van der Waals surface area contributed by atoms with Gasteiger partial charge in [0.2, 0.25) is 11.8 Å². The van der Waals surface area contributed by atoms with Crippen molar-refractivity contribution in [2.45, 2.75) is 45.2 Å². The fourth-order valence-electron chi connectivity index (χ4n) is 4.26. The molecule has 4 rings (SSSR count). The third-order valence-electron chi connectivity index (χ3n) is 6.08. The summed E-state index contributed by atoms with van der Waals surface area (Å²) in [4.78, 5) is 32.3. The van der Waals surface area contributed by atoms with Crippen LogP contribution in [0.4, 0.5) is 5.00 Å². The van der Waals surface area contributed by atoms with Crippen molar-refractivity contribution in [3.05, 3.63) is 64.6 Å². The van der Waals surface area contributed by atoms with Crippen LogP contribution in [0.2, 0.25) is 0 Å². The molecule has 0 aliphatic carbocycles. The summed E-state index contributed by atoms with van der Waals surface area (Å²) in [7, 11) is 1.62. The van der Waals surface area contributed by atoms with Gasteiger partial charge in [0, 0.05) is 43.2 Å². The topological polar surface area (TPSA) is 100 Å². The van der Waals surface area contributed by atoms with Gasteiger partial charge < -0.3 is 19.5 Å². The highest BCUT2D eigenvalue weighted by molar-refractivity contribution is 7.16. The number of hydrogen-bond acceptors (Lipinski definition) is 6. The Hall–Kier alpha value is -3.64. The van der Waals surface area contributed by atoms with Crippen LogP contribution in [0.25, 0.3) is 0 Å². The number of carbonyl (C=O) groups is 2. The van der Waals surface area contributed by atoms with E-state index in [0.717, 1.165) is 21.8 Å².